The normalized spacial score (nSPS) is 10.3. The van der Waals surface area contributed by atoms with E-state index in [2.05, 4.69) is 21.2 Å². The molecule has 0 unspecified atom stereocenters. The molecule has 0 saturated carbocycles. The molecule has 0 heterocycles. The minimum atomic E-state index is -0.832. The maximum Gasteiger partial charge on any atom is 0.159 e. The van der Waals surface area contributed by atoms with Gasteiger partial charge in [-0.25, -0.2) is 8.78 Å². The van der Waals surface area contributed by atoms with E-state index in [0.29, 0.717) is 16.6 Å². The largest absolute Gasteiger partial charge is 0.316 e. The van der Waals surface area contributed by atoms with E-state index >= 15 is 0 Å². The molecule has 0 amide bonds. The zero-order valence-corrected chi connectivity index (χ0v) is 8.08. The third-order valence-corrected chi connectivity index (χ3v) is 2.19. The Bertz CT molecular complexity index is 289. The summed E-state index contributed by atoms with van der Waals surface area (Å²) in [6, 6.07) is 2.30. The Hall–Kier alpha value is -0.480. The quantitative estimate of drug-likeness (QED) is 0.777. The first-order valence-corrected chi connectivity index (χ1v) is 4.22. The predicted octanol–water partition coefficient (Wildman–Crippen LogP) is 2.45. The van der Waals surface area contributed by atoms with E-state index in [4.69, 9.17) is 0 Å². The molecule has 1 nitrogen and oxygen atoms in total. The monoisotopic (exact) mass is 235 g/mol. The predicted molar refractivity (Wildman–Crippen MR) is 46.8 cm³/mol. The molecule has 0 aromatic heterocycles. The fourth-order valence-corrected chi connectivity index (χ4v) is 1.35. The summed E-state index contributed by atoms with van der Waals surface area (Å²) in [7, 11) is 1.74. The number of benzene rings is 1. The molecule has 1 aromatic carbocycles. The molecule has 12 heavy (non-hydrogen) atoms. The van der Waals surface area contributed by atoms with Gasteiger partial charge >= 0.3 is 0 Å². The van der Waals surface area contributed by atoms with Crippen molar-refractivity contribution in [2.75, 3.05) is 7.05 Å². The van der Waals surface area contributed by atoms with Crippen molar-refractivity contribution in [1.29, 1.82) is 0 Å². The highest BCUT2D eigenvalue weighted by atomic mass is 79.9. The van der Waals surface area contributed by atoms with Gasteiger partial charge < -0.3 is 5.32 Å². The number of halogens is 3. The van der Waals surface area contributed by atoms with Crippen LogP contribution < -0.4 is 5.32 Å². The van der Waals surface area contributed by atoms with E-state index in [1.807, 2.05) is 0 Å². The maximum absolute atomic E-state index is 12.7. The van der Waals surface area contributed by atoms with Crippen molar-refractivity contribution in [3.8, 4) is 0 Å². The van der Waals surface area contributed by atoms with Crippen molar-refractivity contribution in [2.45, 2.75) is 6.54 Å². The Morgan fingerprint density at radius 2 is 1.92 bits per heavy atom. The van der Waals surface area contributed by atoms with Crippen molar-refractivity contribution in [1.82, 2.24) is 5.32 Å². The number of hydrogen-bond donors (Lipinski definition) is 1. The number of nitrogens with one attached hydrogen (secondary N) is 1. The van der Waals surface area contributed by atoms with Crippen LogP contribution in [0.15, 0.2) is 16.6 Å². The average molecular weight is 236 g/mol. The summed E-state index contributed by atoms with van der Waals surface area (Å²) in [6.45, 7) is 0.512. The van der Waals surface area contributed by atoms with Crippen LogP contribution in [0.2, 0.25) is 0 Å². The van der Waals surface area contributed by atoms with Gasteiger partial charge in [-0.2, -0.15) is 0 Å². The molecule has 0 aliphatic rings. The van der Waals surface area contributed by atoms with E-state index in [-0.39, 0.29) is 0 Å². The molecular formula is C8H8BrF2N. The van der Waals surface area contributed by atoms with E-state index in [1.54, 1.807) is 7.05 Å². The average Bonchev–Trinajstić information content (AvgIpc) is 2.01. The van der Waals surface area contributed by atoms with Crippen LogP contribution in [-0.4, -0.2) is 7.05 Å². The zero-order valence-electron chi connectivity index (χ0n) is 6.50. The van der Waals surface area contributed by atoms with Gasteiger partial charge in [0.2, 0.25) is 0 Å². The molecule has 1 N–H and O–H groups in total. The summed E-state index contributed by atoms with van der Waals surface area (Å²) in [5.74, 6) is -1.65. The highest BCUT2D eigenvalue weighted by molar-refractivity contribution is 9.10. The molecule has 0 saturated heterocycles. The van der Waals surface area contributed by atoms with Crippen molar-refractivity contribution in [3.63, 3.8) is 0 Å². The van der Waals surface area contributed by atoms with Crippen molar-refractivity contribution in [2.24, 2.45) is 0 Å². The number of rotatable bonds is 2. The molecule has 0 radical (unpaired) electrons. The summed E-state index contributed by atoms with van der Waals surface area (Å²) in [5, 5.41) is 2.85. The molecule has 0 aliphatic heterocycles. The Morgan fingerprint density at radius 1 is 1.33 bits per heavy atom. The first kappa shape index (κ1) is 9.61. The topological polar surface area (TPSA) is 12.0 Å². The van der Waals surface area contributed by atoms with Gasteiger partial charge in [0.25, 0.3) is 0 Å². The molecular weight excluding hydrogens is 228 g/mol. The van der Waals surface area contributed by atoms with Crippen molar-refractivity contribution >= 4 is 15.9 Å². The van der Waals surface area contributed by atoms with Gasteiger partial charge in [-0.05, 0) is 24.7 Å². The first-order valence-electron chi connectivity index (χ1n) is 3.43. The molecule has 1 aromatic rings. The zero-order chi connectivity index (χ0) is 9.14. The molecule has 0 bridgehead atoms. The van der Waals surface area contributed by atoms with E-state index in [0.717, 1.165) is 6.07 Å². The standard InChI is InChI=1S/C8H8BrF2N/c1-12-4-5-2-7(10)8(11)3-6(5)9/h2-3,12H,4H2,1H3. The van der Waals surface area contributed by atoms with Crippen molar-refractivity contribution in [3.05, 3.63) is 33.8 Å². The molecule has 0 atom stereocenters. The SMILES string of the molecule is CNCc1cc(F)c(F)cc1Br. The Kier molecular flexibility index (Phi) is 3.17. The summed E-state index contributed by atoms with van der Waals surface area (Å²) >= 11 is 3.14. The lowest BCUT2D eigenvalue weighted by Crippen LogP contribution is -2.06. The second kappa shape index (κ2) is 3.96. The minimum Gasteiger partial charge on any atom is -0.316 e. The van der Waals surface area contributed by atoms with Gasteiger partial charge in [0.05, 0.1) is 0 Å². The smallest absolute Gasteiger partial charge is 0.159 e. The first-order chi connectivity index (χ1) is 5.65. The Labute approximate surface area is 77.9 Å². The fraction of sp³-hybridized carbons (Fsp3) is 0.250. The van der Waals surface area contributed by atoms with E-state index in [9.17, 15) is 8.78 Å². The van der Waals surface area contributed by atoms with E-state index < -0.39 is 11.6 Å². The van der Waals surface area contributed by atoms with Gasteiger partial charge in [-0.1, -0.05) is 15.9 Å². The minimum absolute atomic E-state index is 0.512. The summed E-state index contributed by atoms with van der Waals surface area (Å²) in [5.41, 5.74) is 0.705. The van der Waals surface area contributed by atoms with Crippen LogP contribution in [0.5, 0.6) is 0 Å². The van der Waals surface area contributed by atoms with Gasteiger partial charge in [0, 0.05) is 11.0 Å². The van der Waals surface area contributed by atoms with Gasteiger partial charge in [0.1, 0.15) is 0 Å². The lowest BCUT2D eigenvalue weighted by atomic mass is 10.2. The van der Waals surface area contributed by atoms with Crippen LogP contribution in [0.3, 0.4) is 0 Å². The number of hydrogen-bond acceptors (Lipinski definition) is 1. The third-order valence-electron chi connectivity index (χ3n) is 1.46. The van der Waals surface area contributed by atoms with Crippen LogP contribution in [0.4, 0.5) is 8.78 Å². The lowest BCUT2D eigenvalue weighted by Gasteiger charge is -2.03. The van der Waals surface area contributed by atoms with Crippen molar-refractivity contribution < 1.29 is 8.78 Å². The highest BCUT2D eigenvalue weighted by Gasteiger charge is 2.06. The van der Waals surface area contributed by atoms with Crippen LogP contribution in [0.1, 0.15) is 5.56 Å². The molecule has 66 valence electrons. The lowest BCUT2D eigenvalue weighted by molar-refractivity contribution is 0.505. The summed E-state index contributed by atoms with van der Waals surface area (Å²) in [6.07, 6.45) is 0. The fourth-order valence-electron chi connectivity index (χ4n) is 0.890. The highest BCUT2D eigenvalue weighted by Crippen LogP contribution is 2.20. The summed E-state index contributed by atoms with van der Waals surface area (Å²) in [4.78, 5) is 0. The van der Waals surface area contributed by atoms with Crippen LogP contribution in [-0.2, 0) is 6.54 Å². The second-order valence-electron chi connectivity index (χ2n) is 2.39. The molecule has 1 rings (SSSR count). The van der Waals surface area contributed by atoms with Crippen LogP contribution >= 0.6 is 15.9 Å². The Morgan fingerprint density at radius 3 is 2.50 bits per heavy atom. The van der Waals surface area contributed by atoms with E-state index in [1.165, 1.54) is 6.07 Å². The molecule has 4 heteroatoms. The molecule has 0 aliphatic carbocycles. The molecule has 0 fully saturated rings. The Balaban J connectivity index is 3.05. The maximum atomic E-state index is 12.7. The summed E-state index contributed by atoms with van der Waals surface area (Å²) < 4.78 is 25.8. The van der Waals surface area contributed by atoms with Gasteiger partial charge in [-0.3, -0.25) is 0 Å². The second-order valence-corrected chi connectivity index (χ2v) is 3.24. The van der Waals surface area contributed by atoms with Gasteiger partial charge in [0.15, 0.2) is 11.6 Å². The van der Waals surface area contributed by atoms with Crippen LogP contribution in [0.25, 0.3) is 0 Å². The third kappa shape index (κ3) is 2.01. The molecule has 0 spiro atoms. The van der Waals surface area contributed by atoms with Crippen LogP contribution in [0, 0.1) is 11.6 Å². The van der Waals surface area contributed by atoms with Gasteiger partial charge in [-0.15, -0.1) is 0 Å².